The van der Waals surface area contributed by atoms with Gasteiger partial charge >= 0.3 is 0 Å². The van der Waals surface area contributed by atoms with Crippen LogP contribution in [0.1, 0.15) is 5.56 Å². The van der Waals surface area contributed by atoms with Gasteiger partial charge in [-0.25, -0.2) is 0 Å². The number of hydrogen-bond donors (Lipinski definition) is 1. The maximum absolute atomic E-state index is 4.97. The molecule has 4 nitrogen and oxygen atoms in total. The zero-order valence-electron chi connectivity index (χ0n) is 7.79. The molecule has 12 heavy (non-hydrogen) atoms. The molecule has 0 amide bonds. The highest BCUT2D eigenvalue weighted by atomic mass is 16.5. The lowest BCUT2D eigenvalue weighted by Crippen LogP contribution is -2.22. The van der Waals surface area contributed by atoms with E-state index in [1.165, 1.54) is 0 Å². The summed E-state index contributed by atoms with van der Waals surface area (Å²) in [7, 11) is 3.70. The number of rotatable bonds is 4. The first kappa shape index (κ1) is 9.06. The predicted molar refractivity (Wildman–Crippen MR) is 48.5 cm³/mol. The summed E-state index contributed by atoms with van der Waals surface area (Å²) in [4.78, 5) is 2.06. The average Bonchev–Trinajstić information content (AvgIpc) is 2.47. The Kier molecular flexibility index (Phi) is 3.10. The summed E-state index contributed by atoms with van der Waals surface area (Å²) >= 11 is 0. The monoisotopic (exact) mass is 169 g/mol. The molecule has 1 heterocycles. The van der Waals surface area contributed by atoms with Gasteiger partial charge in [-0.15, -0.1) is 0 Å². The lowest BCUT2D eigenvalue weighted by Gasteiger charge is -2.16. The summed E-state index contributed by atoms with van der Waals surface area (Å²) in [6.45, 7) is 3.62. The van der Waals surface area contributed by atoms with Crippen molar-refractivity contribution in [2.24, 2.45) is 0 Å². The summed E-state index contributed by atoms with van der Waals surface area (Å²) in [5, 5.41) is 6.94. The molecule has 0 spiro atoms. The topological polar surface area (TPSA) is 41.1 Å². The third-order valence-corrected chi connectivity index (χ3v) is 1.80. The van der Waals surface area contributed by atoms with Crippen LogP contribution in [0.4, 0.5) is 5.82 Å². The van der Waals surface area contributed by atoms with E-state index in [4.69, 9.17) is 4.74 Å². The summed E-state index contributed by atoms with van der Waals surface area (Å²) in [5.74, 6) is 0.993. The first-order valence-electron chi connectivity index (χ1n) is 3.96. The second-order valence-corrected chi connectivity index (χ2v) is 2.81. The van der Waals surface area contributed by atoms with Gasteiger partial charge in [0.25, 0.3) is 0 Å². The second kappa shape index (κ2) is 4.11. The molecule has 0 saturated heterocycles. The van der Waals surface area contributed by atoms with E-state index in [9.17, 15) is 0 Å². The Morgan fingerprint density at radius 1 is 1.67 bits per heavy atom. The molecule has 0 bridgehead atoms. The minimum absolute atomic E-state index is 0.725. The fraction of sp³-hybridized carbons (Fsp3) is 0.625. The molecule has 1 aromatic rings. The van der Waals surface area contributed by atoms with E-state index >= 15 is 0 Å². The minimum Gasteiger partial charge on any atom is -0.383 e. The molecule has 4 heteroatoms. The first-order valence-corrected chi connectivity index (χ1v) is 3.96. The van der Waals surface area contributed by atoms with Gasteiger partial charge in [0.15, 0.2) is 5.82 Å². The van der Waals surface area contributed by atoms with E-state index < -0.39 is 0 Å². The number of ether oxygens (including phenoxy) is 1. The van der Waals surface area contributed by atoms with Crippen molar-refractivity contribution in [3.8, 4) is 0 Å². The van der Waals surface area contributed by atoms with E-state index in [0.29, 0.717) is 0 Å². The largest absolute Gasteiger partial charge is 0.383 e. The molecule has 0 atom stereocenters. The highest BCUT2D eigenvalue weighted by Crippen LogP contribution is 2.12. The van der Waals surface area contributed by atoms with Crippen molar-refractivity contribution in [2.45, 2.75) is 6.92 Å². The van der Waals surface area contributed by atoms with Gasteiger partial charge in [0, 0.05) is 32.5 Å². The minimum atomic E-state index is 0.725. The van der Waals surface area contributed by atoms with Crippen molar-refractivity contribution < 1.29 is 4.74 Å². The normalized spacial score (nSPS) is 10.2. The standard InChI is InChI=1S/C8H15N3O/c1-7-6-9-10-8(7)11(2)4-5-12-3/h6H,4-5H2,1-3H3,(H,9,10). The highest BCUT2D eigenvalue weighted by Gasteiger charge is 2.05. The Labute approximate surface area is 72.5 Å². The van der Waals surface area contributed by atoms with Crippen molar-refractivity contribution in [3.63, 3.8) is 0 Å². The number of nitrogens with one attached hydrogen (secondary N) is 1. The Morgan fingerprint density at radius 2 is 2.42 bits per heavy atom. The third kappa shape index (κ3) is 1.98. The summed E-state index contributed by atoms with van der Waals surface area (Å²) in [5.41, 5.74) is 1.16. The molecule has 0 unspecified atom stereocenters. The molecule has 68 valence electrons. The highest BCUT2D eigenvalue weighted by molar-refractivity contribution is 5.43. The van der Waals surface area contributed by atoms with E-state index in [2.05, 4.69) is 15.1 Å². The molecule has 1 aromatic heterocycles. The van der Waals surface area contributed by atoms with Crippen LogP contribution < -0.4 is 4.90 Å². The summed E-state index contributed by atoms with van der Waals surface area (Å²) < 4.78 is 4.97. The fourth-order valence-corrected chi connectivity index (χ4v) is 1.06. The molecule has 0 aliphatic rings. The van der Waals surface area contributed by atoms with Crippen LogP contribution in [0.15, 0.2) is 6.20 Å². The number of anilines is 1. The number of aromatic amines is 1. The summed E-state index contributed by atoms with van der Waals surface area (Å²) in [6, 6.07) is 0. The van der Waals surface area contributed by atoms with Crippen LogP contribution in [0.2, 0.25) is 0 Å². The van der Waals surface area contributed by atoms with Crippen molar-refractivity contribution in [3.05, 3.63) is 11.8 Å². The number of aryl methyl sites for hydroxylation is 1. The van der Waals surface area contributed by atoms with Crippen LogP contribution in [-0.2, 0) is 4.74 Å². The van der Waals surface area contributed by atoms with Gasteiger partial charge in [0.1, 0.15) is 0 Å². The predicted octanol–water partition coefficient (Wildman–Crippen LogP) is 0.801. The van der Waals surface area contributed by atoms with Crippen molar-refractivity contribution in [2.75, 3.05) is 32.2 Å². The molecule has 0 aliphatic heterocycles. The van der Waals surface area contributed by atoms with E-state index in [1.807, 2.05) is 20.2 Å². The maximum atomic E-state index is 4.97. The van der Waals surface area contributed by atoms with E-state index in [1.54, 1.807) is 7.11 Å². The van der Waals surface area contributed by atoms with Gasteiger partial charge in [-0.05, 0) is 6.92 Å². The first-order chi connectivity index (χ1) is 5.75. The zero-order valence-corrected chi connectivity index (χ0v) is 7.79. The molecule has 0 aliphatic carbocycles. The quantitative estimate of drug-likeness (QED) is 0.724. The number of aromatic nitrogens is 2. The Bertz CT molecular complexity index is 234. The molecule has 0 saturated carbocycles. The Hall–Kier alpha value is -1.03. The van der Waals surface area contributed by atoms with Crippen molar-refractivity contribution in [1.82, 2.24) is 10.2 Å². The van der Waals surface area contributed by atoms with Crippen molar-refractivity contribution in [1.29, 1.82) is 0 Å². The number of methoxy groups -OCH3 is 1. The van der Waals surface area contributed by atoms with Gasteiger partial charge in [-0.3, -0.25) is 5.10 Å². The van der Waals surface area contributed by atoms with Gasteiger partial charge in [-0.1, -0.05) is 0 Å². The van der Waals surface area contributed by atoms with Crippen LogP contribution in [0, 0.1) is 6.92 Å². The molecular formula is C8H15N3O. The van der Waals surface area contributed by atoms with Crippen LogP contribution in [0.25, 0.3) is 0 Å². The number of likely N-dealkylation sites (N-methyl/N-ethyl adjacent to an activating group) is 1. The Balaban J connectivity index is 2.52. The van der Waals surface area contributed by atoms with E-state index in [-0.39, 0.29) is 0 Å². The van der Waals surface area contributed by atoms with Crippen molar-refractivity contribution >= 4 is 5.82 Å². The average molecular weight is 169 g/mol. The third-order valence-electron chi connectivity index (χ3n) is 1.80. The molecule has 0 fully saturated rings. The molecule has 0 radical (unpaired) electrons. The molecular weight excluding hydrogens is 154 g/mol. The zero-order chi connectivity index (χ0) is 8.97. The van der Waals surface area contributed by atoms with Crippen LogP contribution >= 0.6 is 0 Å². The van der Waals surface area contributed by atoms with Crippen LogP contribution in [0.5, 0.6) is 0 Å². The summed E-state index contributed by atoms with van der Waals surface area (Å²) in [6.07, 6.45) is 1.89. The molecule has 1 rings (SSSR count). The maximum Gasteiger partial charge on any atom is 0.153 e. The van der Waals surface area contributed by atoms with Crippen LogP contribution in [-0.4, -0.2) is 37.5 Å². The van der Waals surface area contributed by atoms with Crippen LogP contribution in [0.3, 0.4) is 0 Å². The number of nitrogens with zero attached hydrogens (tertiary/aromatic N) is 2. The molecule has 0 aromatic carbocycles. The Morgan fingerprint density at radius 3 is 2.92 bits per heavy atom. The lowest BCUT2D eigenvalue weighted by atomic mass is 10.3. The SMILES string of the molecule is COCCN(C)c1n[nH]cc1C. The van der Waals surface area contributed by atoms with Gasteiger partial charge in [0.2, 0.25) is 0 Å². The van der Waals surface area contributed by atoms with E-state index in [0.717, 1.165) is 24.5 Å². The lowest BCUT2D eigenvalue weighted by molar-refractivity contribution is 0.206. The van der Waals surface area contributed by atoms with Gasteiger partial charge in [0.05, 0.1) is 6.61 Å². The second-order valence-electron chi connectivity index (χ2n) is 2.81. The molecule has 1 N–H and O–H groups in total. The number of hydrogen-bond acceptors (Lipinski definition) is 3. The van der Waals surface area contributed by atoms with Gasteiger partial charge in [-0.2, -0.15) is 5.10 Å². The number of H-pyrrole nitrogens is 1. The fourth-order valence-electron chi connectivity index (χ4n) is 1.06. The smallest absolute Gasteiger partial charge is 0.153 e. The van der Waals surface area contributed by atoms with Gasteiger partial charge < -0.3 is 9.64 Å².